The molecule has 17 heavy (non-hydrogen) atoms. The van der Waals surface area contributed by atoms with Gasteiger partial charge in [0.15, 0.2) is 0 Å². The van der Waals surface area contributed by atoms with Crippen molar-refractivity contribution < 1.29 is 4.79 Å². The van der Waals surface area contributed by atoms with E-state index in [1.54, 1.807) is 40.7 Å². The van der Waals surface area contributed by atoms with Crippen molar-refractivity contribution in [3.05, 3.63) is 35.2 Å². The number of rotatable bonds is 1. The highest BCUT2D eigenvalue weighted by Gasteiger charge is 2.22. The van der Waals surface area contributed by atoms with Gasteiger partial charge in [-0.05, 0) is 12.1 Å². The van der Waals surface area contributed by atoms with Gasteiger partial charge in [0.2, 0.25) is 0 Å². The Kier molecular flexibility index (Phi) is 2.72. The second kappa shape index (κ2) is 4.23. The fourth-order valence-electron chi connectivity index (χ4n) is 1.80. The Balaban J connectivity index is 1.97. The number of imidazole rings is 1. The molecule has 3 heterocycles. The summed E-state index contributed by atoms with van der Waals surface area (Å²) in [5.41, 5.74) is 1.22. The van der Waals surface area contributed by atoms with Gasteiger partial charge in [0.05, 0.1) is 10.9 Å². The first-order valence-electron chi connectivity index (χ1n) is 5.25. The molecule has 0 radical (unpaired) electrons. The van der Waals surface area contributed by atoms with Gasteiger partial charge >= 0.3 is 0 Å². The summed E-state index contributed by atoms with van der Waals surface area (Å²) >= 11 is 7.65. The number of amides is 1. The Bertz CT molecular complexity index is 577. The normalized spacial score (nSPS) is 15.7. The molecule has 1 aliphatic heterocycles. The van der Waals surface area contributed by atoms with E-state index in [1.807, 2.05) is 4.90 Å². The molecule has 2 aromatic heterocycles. The van der Waals surface area contributed by atoms with Crippen molar-refractivity contribution in [1.82, 2.24) is 14.3 Å². The minimum atomic E-state index is -0.00479. The average molecular weight is 268 g/mol. The summed E-state index contributed by atoms with van der Waals surface area (Å²) in [6.45, 7) is 0.804. The number of halogens is 1. The van der Waals surface area contributed by atoms with Crippen molar-refractivity contribution in [3.8, 4) is 0 Å². The number of thioether (sulfide) groups is 1. The molecule has 0 N–H and O–H groups in total. The molecule has 0 unspecified atom stereocenters. The lowest BCUT2D eigenvalue weighted by atomic mass is 10.4. The second-order valence-corrected chi connectivity index (χ2v) is 5.36. The monoisotopic (exact) mass is 267 g/mol. The molecule has 1 amide bonds. The molecule has 88 valence electrons. The highest BCUT2D eigenvalue weighted by molar-refractivity contribution is 7.99. The second-order valence-electron chi connectivity index (χ2n) is 3.84. The van der Waals surface area contributed by atoms with E-state index in [4.69, 9.17) is 11.6 Å². The number of aromatic nitrogens is 2. The standard InChI is InChI=1S/C11H10ClN3OS/c12-8-1-2-10-13-9(6-15(10)5-8)11(16)14-3-4-17-7-14/h1-2,5-6H,3-4,7H2. The van der Waals surface area contributed by atoms with Gasteiger partial charge in [-0.2, -0.15) is 0 Å². The number of fused-ring (bicyclic) bond motifs is 1. The van der Waals surface area contributed by atoms with Gasteiger partial charge in [-0.3, -0.25) is 4.79 Å². The number of carbonyl (C=O) groups is 1. The van der Waals surface area contributed by atoms with E-state index >= 15 is 0 Å². The molecule has 6 heteroatoms. The number of nitrogens with zero attached hydrogens (tertiary/aromatic N) is 3. The number of pyridine rings is 1. The summed E-state index contributed by atoms with van der Waals surface area (Å²) in [7, 11) is 0. The fourth-order valence-corrected chi connectivity index (χ4v) is 2.92. The molecule has 0 aromatic carbocycles. The highest BCUT2D eigenvalue weighted by Crippen LogP contribution is 2.17. The molecular weight excluding hydrogens is 258 g/mol. The van der Waals surface area contributed by atoms with Gasteiger partial charge in [-0.25, -0.2) is 4.98 Å². The van der Waals surface area contributed by atoms with Crippen LogP contribution in [0.25, 0.3) is 5.65 Å². The van der Waals surface area contributed by atoms with E-state index in [9.17, 15) is 4.79 Å². The zero-order valence-electron chi connectivity index (χ0n) is 8.97. The van der Waals surface area contributed by atoms with Crippen LogP contribution in [0.2, 0.25) is 5.02 Å². The van der Waals surface area contributed by atoms with Crippen molar-refractivity contribution in [1.29, 1.82) is 0 Å². The van der Waals surface area contributed by atoms with E-state index in [2.05, 4.69) is 4.98 Å². The SMILES string of the molecule is O=C(c1cn2cc(Cl)ccc2n1)N1CCSC1. The Morgan fingerprint density at radius 3 is 3.06 bits per heavy atom. The van der Waals surface area contributed by atoms with Gasteiger partial charge in [0.1, 0.15) is 11.3 Å². The van der Waals surface area contributed by atoms with Crippen LogP contribution in [-0.4, -0.2) is 38.4 Å². The third kappa shape index (κ3) is 2.00. The summed E-state index contributed by atoms with van der Waals surface area (Å²) in [6.07, 6.45) is 3.48. The van der Waals surface area contributed by atoms with Crippen LogP contribution in [0.5, 0.6) is 0 Å². The molecule has 1 fully saturated rings. The Labute approximate surface area is 108 Å². The van der Waals surface area contributed by atoms with Crippen LogP contribution in [0.1, 0.15) is 10.5 Å². The maximum atomic E-state index is 12.1. The number of carbonyl (C=O) groups excluding carboxylic acids is 1. The van der Waals surface area contributed by atoms with Crippen molar-refractivity contribution in [3.63, 3.8) is 0 Å². The lowest BCUT2D eigenvalue weighted by molar-refractivity contribution is 0.0797. The smallest absolute Gasteiger partial charge is 0.274 e. The first-order chi connectivity index (χ1) is 8.24. The van der Waals surface area contributed by atoms with Crippen molar-refractivity contribution in [2.24, 2.45) is 0 Å². The lowest BCUT2D eigenvalue weighted by Crippen LogP contribution is -2.27. The number of hydrogen-bond donors (Lipinski definition) is 0. The molecule has 0 spiro atoms. The van der Waals surface area contributed by atoms with Crippen LogP contribution in [0.15, 0.2) is 24.5 Å². The minimum absolute atomic E-state index is 0.00479. The molecule has 0 saturated carbocycles. The maximum Gasteiger partial charge on any atom is 0.274 e. The zero-order valence-corrected chi connectivity index (χ0v) is 10.5. The molecule has 1 saturated heterocycles. The molecule has 0 atom stereocenters. The van der Waals surface area contributed by atoms with Gasteiger partial charge < -0.3 is 9.30 Å². The zero-order chi connectivity index (χ0) is 11.8. The molecule has 0 bridgehead atoms. The summed E-state index contributed by atoms with van der Waals surface area (Å²) in [6, 6.07) is 3.57. The van der Waals surface area contributed by atoms with Gasteiger partial charge in [0.25, 0.3) is 5.91 Å². The first kappa shape index (κ1) is 10.9. The number of hydrogen-bond acceptors (Lipinski definition) is 3. The molecule has 3 rings (SSSR count). The summed E-state index contributed by atoms with van der Waals surface area (Å²) in [5, 5.41) is 0.630. The third-order valence-electron chi connectivity index (χ3n) is 2.67. The van der Waals surface area contributed by atoms with Crippen LogP contribution < -0.4 is 0 Å². The van der Waals surface area contributed by atoms with Crippen LogP contribution in [-0.2, 0) is 0 Å². The van der Waals surface area contributed by atoms with E-state index in [1.165, 1.54) is 0 Å². The van der Waals surface area contributed by atoms with Gasteiger partial charge in [-0.1, -0.05) is 11.6 Å². The topological polar surface area (TPSA) is 37.6 Å². The third-order valence-corrected chi connectivity index (χ3v) is 3.86. The summed E-state index contributed by atoms with van der Waals surface area (Å²) in [4.78, 5) is 18.2. The van der Waals surface area contributed by atoms with E-state index in [0.29, 0.717) is 10.7 Å². The molecular formula is C11H10ClN3OS. The predicted octanol–water partition coefficient (Wildman–Crippen LogP) is 2.13. The fraction of sp³-hybridized carbons (Fsp3) is 0.273. The van der Waals surface area contributed by atoms with E-state index in [-0.39, 0.29) is 5.91 Å². The van der Waals surface area contributed by atoms with Crippen LogP contribution in [0.4, 0.5) is 0 Å². The summed E-state index contributed by atoms with van der Waals surface area (Å²) < 4.78 is 1.78. The Hall–Kier alpha value is -1.20. The van der Waals surface area contributed by atoms with Crippen molar-refractivity contribution in [2.75, 3.05) is 18.2 Å². The van der Waals surface area contributed by atoms with Gasteiger partial charge in [0, 0.05) is 24.7 Å². The largest absolute Gasteiger partial charge is 0.327 e. The summed E-state index contributed by atoms with van der Waals surface area (Å²) in [5.74, 6) is 1.76. The molecule has 1 aliphatic rings. The predicted molar refractivity (Wildman–Crippen MR) is 68.6 cm³/mol. The Morgan fingerprint density at radius 2 is 2.29 bits per heavy atom. The lowest BCUT2D eigenvalue weighted by Gasteiger charge is -2.11. The van der Waals surface area contributed by atoms with E-state index in [0.717, 1.165) is 23.8 Å². The van der Waals surface area contributed by atoms with Gasteiger partial charge in [-0.15, -0.1) is 11.8 Å². The first-order valence-corrected chi connectivity index (χ1v) is 6.78. The molecule has 4 nitrogen and oxygen atoms in total. The van der Waals surface area contributed by atoms with Crippen LogP contribution in [0, 0.1) is 0 Å². The van der Waals surface area contributed by atoms with E-state index < -0.39 is 0 Å². The maximum absolute atomic E-state index is 12.1. The van der Waals surface area contributed by atoms with Crippen LogP contribution in [0.3, 0.4) is 0 Å². The van der Waals surface area contributed by atoms with Crippen molar-refractivity contribution >= 4 is 34.9 Å². The molecule has 0 aliphatic carbocycles. The quantitative estimate of drug-likeness (QED) is 0.794. The van der Waals surface area contributed by atoms with Crippen LogP contribution >= 0.6 is 23.4 Å². The molecule has 2 aromatic rings. The highest BCUT2D eigenvalue weighted by atomic mass is 35.5. The Morgan fingerprint density at radius 1 is 1.41 bits per heavy atom. The average Bonchev–Trinajstić information content (AvgIpc) is 2.96. The minimum Gasteiger partial charge on any atom is -0.327 e. The van der Waals surface area contributed by atoms with Crippen molar-refractivity contribution in [2.45, 2.75) is 0 Å².